The van der Waals surface area contributed by atoms with E-state index < -0.39 is 11.9 Å². The molecule has 1 amide bonds. The van der Waals surface area contributed by atoms with Gasteiger partial charge in [-0.15, -0.1) is 0 Å². The van der Waals surface area contributed by atoms with Crippen molar-refractivity contribution in [2.75, 3.05) is 11.9 Å². The summed E-state index contributed by atoms with van der Waals surface area (Å²) in [7, 11) is 0. The molecule has 1 rings (SSSR count). The lowest BCUT2D eigenvalue weighted by Gasteiger charge is -2.14. The van der Waals surface area contributed by atoms with Crippen LogP contribution in [-0.2, 0) is 4.79 Å². The molecule has 0 heterocycles. The lowest BCUT2D eigenvalue weighted by Crippen LogP contribution is -2.41. The molecule has 1 aromatic rings. The van der Waals surface area contributed by atoms with E-state index in [1.807, 2.05) is 19.1 Å². The van der Waals surface area contributed by atoms with E-state index in [-0.39, 0.29) is 0 Å². The van der Waals surface area contributed by atoms with Crippen LogP contribution in [0.2, 0.25) is 0 Å². The predicted molar refractivity (Wildman–Crippen MR) is 72.2 cm³/mol. The Kier molecular flexibility index (Phi) is 4.76. The number of anilines is 1. The van der Waals surface area contributed by atoms with Crippen molar-refractivity contribution in [3.63, 3.8) is 0 Å². The van der Waals surface area contributed by atoms with E-state index in [4.69, 9.17) is 11.5 Å². The third kappa shape index (κ3) is 3.47. The predicted octanol–water partition coefficient (Wildman–Crippen LogP) is 1.74. The lowest BCUT2D eigenvalue weighted by molar-refractivity contribution is -0.118. The van der Waals surface area contributed by atoms with Gasteiger partial charge in [-0.1, -0.05) is 0 Å². The van der Waals surface area contributed by atoms with Gasteiger partial charge in [0.05, 0.1) is 5.69 Å². The maximum Gasteiger partial charge on any atom is 0.236 e. The van der Waals surface area contributed by atoms with Crippen molar-refractivity contribution >= 4 is 43.5 Å². The van der Waals surface area contributed by atoms with Gasteiger partial charge >= 0.3 is 0 Å². The Hall–Kier alpha value is -0.590. The molecule has 0 bridgehead atoms. The number of hydrogen-bond acceptors (Lipinski definition) is 3. The zero-order valence-electron chi connectivity index (χ0n) is 8.76. The standard InChI is InChI=1S/C10H13Br2N3O/c1-5-2-6(11)9(7(12)3-5)15-4-8(13)10(14)16/h2-3,8,15H,4,13H2,1H3,(H2,14,16). The van der Waals surface area contributed by atoms with E-state index in [2.05, 4.69) is 37.2 Å². The first kappa shape index (κ1) is 13.5. The second-order valence-electron chi connectivity index (χ2n) is 3.49. The quantitative estimate of drug-likeness (QED) is 0.773. The van der Waals surface area contributed by atoms with Crippen molar-refractivity contribution in [1.29, 1.82) is 0 Å². The van der Waals surface area contributed by atoms with E-state index in [9.17, 15) is 4.79 Å². The molecule has 0 saturated carbocycles. The first-order valence-corrected chi connectivity index (χ1v) is 6.25. The Morgan fingerprint density at radius 1 is 1.44 bits per heavy atom. The van der Waals surface area contributed by atoms with Gasteiger partial charge in [0, 0.05) is 15.5 Å². The van der Waals surface area contributed by atoms with Crippen LogP contribution in [0.25, 0.3) is 0 Å². The maximum atomic E-state index is 10.8. The highest BCUT2D eigenvalue weighted by Gasteiger charge is 2.11. The van der Waals surface area contributed by atoms with Gasteiger partial charge < -0.3 is 16.8 Å². The Labute approximate surface area is 111 Å². The van der Waals surface area contributed by atoms with Crippen LogP contribution in [-0.4, -0.2) is 18.5 Å². The fourth-order valence-corrected chi connectivity index (χ4v) is 2.88. The number of rotatable bonds is 4. The maximum absolute atomic E-state index is 10.8. The van der Waals surface area contributed by atoms with E-state index in [0.29, 0.717) is 6.54 Å². The third-order valence-corrected chi connectivity index (χ3v) is 3.30. The summed E-state index contributed by atoms with van der Waals surface area (Å²) in [5.41, 5.74) is 12.6. The average molecular weight is 351 g/mol. The van der Waals surface area contributed by atoms with Gasteiger partial charge in [0.25, 0.3) is 0 Å². The van der Waals surface area contributed by atoms with E-state index in [1.54, 1.807) is 0 Å². The second-order valence-corrected chi connectivity index (χ2v) is 5.20. The van der Waals surface area contributed by atoms with Crippen molar-refractivity contribution in [2.24, 2.45) is 11.5 Å². The Bertz CT molecular complexity index is 386. The molecule has 0 saturated heterocycles. The number of nitrogens with one attached hydrogen (secondary N) is 1. The number of aryl methyl sites for hydroxylation is 1. The highest BCUT2D eigenvalue weighted by Crippen LogP contribution is 2.32. The summed E-state index contributed by atoms with van der Waals surface area (Å²) in [6, 6.07) is 3.26. The smallest absolute Gasteiger partial charge is 0.236 e. The Morgan fingerprint density at radius 2 is 1.94 bits per heavy atom. The number of benzene rings is 1. The highest BCUT2D eigenvalue weighted by atomic mass is 79.9. The van der Waals surface area contributed by atoms with Crippen LogP contribution in [0.4, 0.5) is 5.69 Å². The van der Waals surface area contributed by atoms with E-state index in [1.165, 1.54) is 0 Å². The molecule has 1 atom stereocenters. The summed E-state index contributed by atoms with van der Waals surface area (Å²) >= 11 is 6.87. The average Bonchev–Trinajstić information content (AvgIpc) is 2.15. The minimum absolute atomic E-state index is 0.301. The fourth-order valence-electron chi connectivity index (χ4n) is 1.18. The van der Waals surface area contributed by atoms with Gasteiger partial charge in [-0.3, -0.25) is 4.79 Å². The lowest BCUT2D eigenvalue weighted by atomic mass is 10.2. The van der Waals surface area contributed by atoms with Crippen LogP contribution in [0, 0.1) is 6.92 Å². The molecular weight excluding hydrogens is 338 g/mol. The molecule has 4 nitrogen and oxygen atoms in total. The Morgan fingerprint density at radius 3 is 2.38 bits per heavy atom. The summed E-state index contributed by atoms with van der Waals surface area (Å²) in [5, 5.41) is 3.07. The van der Waals surface area contributed by atoms with Crippen molar-refractivity contribution in [3.05, 3.63) is 26.6 Å². The molecule has 1 unspecified atom stereocenters. The zero-order valence-corrected chi connectivity index (χ0v) is 11.9. The van der Waals surface area contributed by atoms with Crippen LogP contribution in [0.3, 0.4) is 0 Å². The van der Waals surface area contributed by atoms with Crippen molar-refractivity contribution < 1.29 is 4.79 Å². The van der Waals surface area contributed by atoms with Gasteiger partial charge in [-0.2, -0.15) is 0 Å². The third-order valence-electron chi connectivity index (χ3n) is 2.05. The summed E-state index contributed by atoms with van der Waals surface area (Å²) in [6.45, 7) is 2.30. The Balaban J connectivity index is 2.78. The molecule has 0 fully saturated rings. The van der Waals surface area contributed by atoms with Crippen molar-refractivity contribution in [3.8, 4) is 0 Å². The van der Waals surface area contributed by atoms with Crippen LogP contribution in [0.15, 0.2) is 21.1 Å². The number of carbonyl (C=O) groups excluding carboxylic acids is 1. The van der Waals surface area contributed by atoms with Crippen LogP contribution in [0.5, 0.6) is 0 Å². The first-order chi connectivity index (χ1) is 7.41. The van der Waals surface area contributed by atoms with Crippen LogP contribution < -0.4 is 16.8 Å². The molecule has 0 spiro atoms. The normalized spacial score (nSPS) is 12.2. The SMILES string of the molecule is Cc1cc(Br)c(NCC(N)C(N)=O)c(Br)c1. The molecule has 0 aliphatic heterocycles. The molecule has 5 N–H and O–H groups in total. The van der Waals surface area contributed by atoms with Crippen molar-refractivity contribution in [2.45, 2.75) is 13.0 Å². The van der Waals surface area contributed by atoms with E-state index >= 15 is 0 Å². The highest BCUT2D eigenvalue weighted by molar-refractivity contribution is 9.11. The van der Waals surface area contributed by atoms with Crippen LogP contribution >= 0.6 is 31.9 Å². The molecule has 6 heteroatoms. The summed E-state index contributed by atoms with van der Waals surface area (Å²) < 4.78 is 1.83. The largest absolute Gasteiger partial charge is 0.381 e. The monoisotopic (exact) mass is 349 g/mol. The van der Waals surface area contributed by atoms with Gasteiger partial charge in [0.15, 0.2) is 0 Å². The summed E-state index contributed by atoms with van der Waals surface area (Å²) in [5.74, 6) is -0.521. The molecule has 0 aromatic heterocycles. The number of primary amides is 1. The van der Waals surface area contributed by atoms with Crippen molar-refractivity contribution in [1.82, 2.24) is 0 Å². The molecular formula is C10H13Br2N3O. The zero-order chi connectivity index (χ0) is 12.3. The number of halogens is 2. The fraction of sp³-hybridized carbons (Fsp3) is 0.300. The molecule has 88 valence electrons. The molecule has 0 radical (unpaired) electrons. The first-order valence-electron chi connectivity index (χ1n) is 4.66. The molecule has 16 heavy (non-hydrogen) atoms. The van der Waals surface area contributed by atoms with Gasteiger partial charge in [-0.25, -0.2) is 0 Å². The minimum Gasteiger partial charge on any atom is -0.381 e. The van der Waals surface area contributed by atoms with Crippen LogP contribution in [0.1, 0.15) is 5.56 Å². The summed E-state index contributed by atoms with van der Waals surface area (Å²) in [4.78, 5) is 10.8. The number of nitrogens with two attached hydrogens (primary N) is 2. The van der Waals surface area contributed by atoms with Gasteiger partial charge in [-0.05, 0) is 56.5 Å². The number of amides is 1. The second kappa shape index (κ2) is 5.65. The minimum atomic E-state index is -0.694. The molecule has 1 aromatic carbocycles. The number of carbonyl (C=O) groups is 1. The van der Waals surface area contributed by atoms with Gasteiger partial charge in [0.1, 0.15) is 6.04 Å². The topological polar surface area (TPSA) is 81.1 Å². The van der Waals surface area contributed by atoms with E-state index in [0.717, 1.165) is 20.2 Å². The number of hydrogen-bond donors (Lipinski definition) is 3. The van der Waals surface area contributed by atoms with Gasteiger partial charge in [0.2, 0.25) is 5.91 Å². The molecule has 0 aliphatic rings. The summed E-state index contributed by atoms with van der Waals surface area (Å²) in [6.07, 6.45) is 0. The molecule has 0 aliphatic carbocycles.